The normalized spacial score (nSPS) is 17.7. The molecular formula is C20H27N3O3. The second kappa shape index (κ2) is 9.75. The van der Waals surface area contributed by atoms with Crippen LogP contribution in [0.5, 0.6) is 0 Å². The predicted molar refractivity (Wildman–Crippen MR) is 101 cm³/mol. The van der Waals surface area contributed by atoms with E-state index in [2.05, 4.69) is 24.1 Å². The SMILES string of the molecule is C=C1C[C@@H](C(=O)Nc2ccccc2)N(C(=O)[C@H](CCCC)CNC=O)C1. The molecule has 2 rings (SSSR count). The van der Waals surface area contributed by atoms with Gasteiger partial charge in [-0.3, -0.25) is 14.4 Å². The summed E-state index contributed by atoms with van der Waals surface area (Å²) >= 11 is 0. The lowest BCUT2D eigenvalue weighted by atomic mass is 10.00. The zero-order valence-electron chi connectivity index (χ0n) is 15.2. The number of benzene rings is 1. The second-order valence-corrected chi connectivity index (χ2v) is 6.66. The highest BCUT2D eigenvalue weighted by Crippen LogP contribution is 2.26. The second-order valence-electron chi connectivity index (χ2n) is 6.66. The van der Waals surface area contributed by atoms with E-state index < -0.39 is 6.04 Å². The summed E-state index contributed by atoms with van der Waals surface area (Å²) in [4.78, 5) is 38.0. The van der Waals surface area contributed by atoms with Crippen LogP contribution in [0.1, 0.15) is 32.6 Å². The standard InChI is InChI=1S/C20H27N3O3/c1-3-4-8-16(12-21-14-24)20(26)23-13-15(2)11-18(23)19(25)22-17-9-6-5-7-10-17/h5-7,9-10,14,16,18H,2-4,8,11-13H2,1H3,(H,21,24)(H,22,25)/t16-,18+/m1/s1. The van der Waals surface area contributed by atoms with Crippen LogP contribution in [0.4, 0.5) is 5.69 Å². The number of rotatable bonds is 9. The fourth-order valence-corrected chi connectivity index (χ4v) is 3.20. The van der Waals surface area contributed by atoms with Crippen molar-refractivity contribution in [3.63, 3.8) is 0 Å². The van der Waals surface area contributed by atoms with Crippen LogP contribution in [0.2, 0.25) is 0 Å². The molecule has 0 bridgehead atoms. The molecule has 0 spiro atoms. The number of nitrogens with one attached hydrogen (secondary N) is 2. The molecule has 0 radical (unpaired) electrons. The summed E-state index contributed by atoms with van der Waals surface area (Å²) in [6, 6.07) is 8.63. The molecule has 140 valence electrons. The number of para-hydroxylation sites is 1. The molecule has 0 saturated carbocycles. The molecule has 1 aliphatic heterocycles. The summed E-state index contributed by atoms with van der Waals surface area (Å²) in [6.45, 7) is 6.70. The molecule has 0 aliphatic carbocycles. The molecule has 1 aromatic rings. The maximum absolute atomic E-state index is 13.0. The first-order chi connectivity index (χ1) is 12.6. The van der Waals surface area contributed by atoms with Gasteiger partial charge in [-0.15, -0.1) is 0 Å². The van der Waals surface area contributed by atoms with E-state index in [-0.39, 0.29) is 17.7 Å². The van der Waals surface area contributed by atoms with Gasteiger partial charge in [0.2, 0.25) is 18.2 Å². The summed E-state index contributed by atoms with van der Waals surface area (Å²) in [5.41, 5.74) is 1.57. The van der Waals surface area contributed by atoms with Gasteiger partial charge in [-0.2, -0.15) is 0 Å². The van der Waals surface area contributed by atoms with E-state index in [9.17, 15) is 14.4 Å². The van der Waals surface area contributed by atoms with Crippen LogP contribution in [0.15, 0.2) is 42.5 Å². The van der Waals surface area contributed by atoms with Gasteiger partial charge < -0.3 is 15.5 Å². The van der Waals surface area contributed by atoms with E-state index in [1.54, 1.807) is 4.90 Å². The highest BCUT2D eigenvalue weighted by Gasteiger charge is 2.38. The highest BCUT2D eigenvalue weighted by molar-refractivity contribution is 5.98. The first-order valence-electron chi connectivity index (χ1n) is 9.06. The molecular weight excluding hydrogens is 330 g/mol. The molecule has 0 aromatic heterocycles. The van der Waals surface area contributed by atoms with Gasteiger partial charge in [-0.1, -0.05) is 50.1 Å². The summed E-state index contributed by atoms with van der Waals surface area (Å²) < 4.78 is 0. The van der Waals surface area contributed by atoms with Crippen LogP contribution in [0.3, 0.4) is 0 Å². The van der Waals surface area contributed by atoms with Crippen LogP contribution >= 0.6 is 0 Å². The molecule has 1 heterocycles. The van der Waals surface area contributed by atoms with Gasteiger partial charge in [-0.05, 0) is 25.0 Å². The number of likely N-dealkylation sites (tertiary alicyclic amines) is 1. The number of hydrogen-bond donors (Lipinski definition) is 2. The lowest BCUT2D eigenvalue weighted by Crippen LogP contribution is -2.47. The topological polar surface area (TPSA) is 78.5 Å². The Morgan fingerprint density at radius 1 is 1.35 bits per heavy atom. The van der Waals surface area contributed by atoms with Crippen molar-refractivity contribution in [1.29, 1.82) is 0 Å². The van der Waals surface area contributed by atoms with Crippen molar-refractivity contribution < 1.29 is 14.4 Å². The Bertz CT molecular complexity index is 645. The number of hydrogen-bond acceptors (Lipinski definition) is 3. The van der Waals surface area contributed by atoms with Crippen LogP contribution < -0.4 is 10.6 Å². The van der Waals surface area contributed by atoms with Crippen LogP contribution in [-0.2, 0) is 14.4 Å². The maximum Gasteiger partial charge on any atom is 0.247 e. The van der Waals surface area contributed by atoms with Crippen LogP contribution in [0, 0.1) is 5.92 Å². The van der Waals surface area contributed by atoms with Crippen molar-refractivity contribution in [3.05, 3.63) is 42.5 Å². The first kappa shape index (κ1) is 19.7. The van der Waals surface area contributed by atoms with Crippen molar-refractivity contribution in [2.24, 2.45) is 5.92 Å². The average molecular weight is 357 g/mol. The van der Waals surface area contributed by atoms with E-state index in [4.69, 9.17) is 0 Å². The number of unbranched alkanes of at least 4 members (excludes halogenated alkanes) is 1. The third kappa shape index (κ3) is 5.18. The quantitative estimate of drug-likeness (QED) is 0.526. The van der Waals surface area contributed by atoms with E-state index >= 15 is 0 Å². The van der Waals surface area contributed by atoms with Gasteiger partial charge in [-0.25, -0.2) is 0 Å². The highest BCUT2D eigenvalue weighted by atomic mass is 16.2. The third-order valence-corrected chi connectivity index (χ3v) is 4.58. The van der Waals surface area contributed by atoms with Gasteiger partial charge >= 0.3 is 0 Å². The van der Waals surface area contributed by atoms with Crippen LogP contribution in [-0.4, -0.2) is 42.3 Å². The Hall–Kier alpha value is -2.63. The molecule has 6 nitrogen and oxygen atoms in total. The first-order valence-corrected chi connectivity index (χ1v) is 9.06. The molecule has 1 aliphatic rings. The van der Waals surface area contributed by atoms with E-state index in [0.29, 0.717) is 38.0 Å². The molecule has 26 heavy (non-hydrogen) atoms. The number of anilines is 1. The summed E-state index contributed by atoms with van der Waals surface area (Å²) in [5, 5.41) is 5.47. The molecule has 3 amide bonds. The van der Waals surface area contributed by atoms with Gasteiger partial charge in [0.1, 0.15) is 6.04 Å². The van der Waals surface area contributed by atoms with Gasteiger partial charge in [0.15, 0.2) is 0 Å². The Labute approximate surface area is 154 Å². The molecule has 6 heteroatoms. The number of amides is 3. The van der Waals surface area contributed by atoms with Gasteiger partial charge in [0, 0.05) is 18.8 Å². The van der Waals surface area contributed by atoms with Crippen molar-refractivity contribution in [1.82, 2.24) is 10.2 Å². The fourth-order valence-electron chi connectivity index (χ4n) is 3.20. The van der Waals surface area contributed by atoms with E-state index in [1.807, 2.05) is 30.3 Å². The monoisotopic (exact) mass is 357 g/mol. The lowest BCUT2D eigenvalue weighted by molar-refractivity contribution is -0.140. The van der Waals surface area contributed by atoms with Gasteiger partial charge in [0.25, 0.3) is 0 Å². The molecule has 2 atom stereocenters. The van der Waals surface area contributed by atoms with E-state index in [1.165, 1.54) is 0 Å². The third-order valence-electron chi connectivity index (χ3n) is 4.58. The Kier molecular flexibility index (Phi) is 7.38. The molecule has 2 N–H and O–H groups in total. The minimum Gasteiger partial charge on any atom is -0.358 e. The Morgan fingerprint density at radius 3 is 2.73 bits per heavy atom. The fraction of sp³-hybridized carbons (Fsp3) is 0.450. The van der Waals surface area contributed by atoms with E-state index in [0.717, 1.165) is 18.4 Å². The Balaban J connectivity index is 2.10. The summed E-state index contributed by atoms with van der Waals surface area (Å²) in [5.74, 6) is -0.626. The Morgan fingerprint density at radius 2 is 2.08 bits per heavy atom. The van der Waals surface area contributed by atoms with Crippen molar-refractivity contribution in [2.45, 2.75) is 38.6 Å². The molecule has 1 fully saturated rings. The largest absolute Gasteiger partial charge is 0.358 e. The zero-order valence-corrected chi connectivity index (χ0v) is 15.2. The van der Waals surface area contributed by atoms with Crippen molar-refractivity contribution in [3.8, 4) is 0 Å². The van der Waals surface area contributed by atoms with Crippen molar-refractivity contribution in [2.75, 3.05) is 18.4 Å². The molecule has 1 saturated heterocycles. The smallest absolute Gasteiger partial charge is 0.247 e. The summed E-state index contributed by atoms with van der Waals surface area (Å²) in [7, 11) is 0. The maximum atomic E-state index is 13.0. The van der Waals surface area contributed by atoms with Crippen molar-refractivity contribution >= 4 is 23.9 Å². The number of nitrogens with zero attached hydrogens (tertiary/aromatic N) is 1. The summed E-state index contributed by atoms with van der Waals surface area (Å²) in [6.07, 6.45) is 3.62. The van der Waals surface area contributed by atoms with Crippen LogP contribution in [0.25, 0.3) is 0 Å². The molecule has 1 aromatic carbocycles. The zero-order chi connectivity index (χ0) is 18.9. The van der Waals surface area contributed by atoms with Gasteiger partial charge in [0.05, 0.1) is 5.92 Å². The lowest BCUT2D eigenvalue weighted by Gasteiger charge is -2.28. The average Bonchev–Trinajstić information content (AvgIpc) is 3.04. The number of carbonyl (C=O) groups is 3. The minimum atomic E-state index is -0.560. The minimum absolute atomic E-state index is 0.0975. The molecule has 0 unspecified atom stereocenters. The number of carbonyl (C=O) groups excluding carboxylic acids is 3. The predicted octanol–water partition coefficient (Wildman–Crippen LogP) is 2.33.